The zero-order valence-electron chi connectivity index (χ0n) is 21.3. The fraction of sp³-hybridized carbons (Fsp3) is 0.300. The molecule has 1 amide bonds. The molecule has 194 valence electrons. The molecule has 0 saturated heterocycles. The zero-order valence-corrected chi connectivity index (χ0v) is 21.3. The van der Waals surface area contributed by atoms with Gasteiger partial charge >= 0.3 is 0 Å². The Balaban J connectivity index is 1.59. The van der Waals surface area contributed by atoms with Gasteiger partial charge in [0, 0.05) is 31.9 Å². The zero-order chi connectivity index (χ0) is 26.3. The average Bonchev–Trinajstić information content (AvgIpc) is 2.95. The van der Waals surface area contributed by atoms with Gasteiger partial charge in [0.15, 0.2) is 12.2 Å². The highest BCUT2D eigenvalue weighted by Gasteiger charge is 2.34. The van der Waals surface area contributed by atoms with Crippen molar-refractivity contribution in [2.75, 3.05) is 19.8 Å². The molecule has 7 heteroatoms. The topological polar surface area (TPSA) is 103 Å². The third-order valence-corrected chi connectivity index (χ3v) is 6.01. The maximum atomic E-state index is 12.5. The van der Waals surface area contributed by atoms with E-state index in [9.17, 15) is 9.59 Å². The summed E-state index contributed by atoms with van der Waals surface area (Å²) in [6.45, 7) is 4.38. The number of amides is 1. The van der Waals surface area contributed by atoms with Crippen LogP contribution in [0.1, 0.15) is 53.2 Å². The molecule has 0 atom stereocenters. The SMILES string of the molecule is CCCCOCCCNC(=O)c1cccc(CNC(=N)NC(C=O)(c2ccccc2)c2ccccc2)c1. The van der Waals surface area contributed by atoms with Crippen LogP contribution in [0.3, 0.4) is 0 Å². The fourth-order valence-electron chi connectivity index (χ4n) is 3.96. The molecule has 0 unspecified atom stereocenters. The van der Waals surface area contributed by atoms with Gasteiger partial charge in [0.25, 0.3) is 5.91 Å². The maximum Gasteiger partial charge on any atom is 0.251 e. The van der Waals surface area contributed by atoms with Gasteiger partial charge in [-0.05, 0) is 41.7 Å². The third kappa shape index (κ3) is 8.02. The molecule has 0 aliphatic heterocycles. The van der Waals surface area contributed by atoms with Gasteiger partial charge in [0.05, 0.1) is 0 Å². The Hall–Kier alpha value is -3.97. The van der Waals surface area contributed by atoms with Crippen LogP contribution >= 0.6 is 0 Å². The standard InChI is InChI=1S/C30H36N4O3/c1-2-3-19-37-20-11-18-32-28(36)25-13-10-12-24(21-25)22-33-29(31)34-30(23-35,26-14-6-4-7-15-26)27-16-8-5-9-17-27/h4-10,12-17,21,23H,2-3,11,18-20,22H2,1H3,(H,32,36)(H3,31,33,34). The van der Waals surface area contributed by atoms with E-state index in [0.29, 0.717) is 25.3 Å². The van der Waals surface area contributed by atoms with Crippen LogP contribution in [0, 0.1) is 5.41 Å². The number of hydrogen-bond donors (Lipinski definition) is 4. The summed E-state index contributed by atoms with van der Waals surface area (Å²) in [5.74, 6) is -0.144. The van der Waals surface area contributed by atoms with Gasteiger partial charge in [0.2, 0.25) is 0 Å². The summed E-state index contributed by atoms with van der Waals surface area (Å²) in [7, 11) is 0. The molecule has 0 heterocycles. The minimum absolute atomic E-state index is 0.00210. The van der Waals surface area contributed by atoms with E-state index in [1.54, 1.807) is 12.1 Å². The first-order valence-corrected chi connectivity index (χ1v) is 12.7. The average molecular weight is 501 g/mol. The summed E-state index contributed by atoms with van der Waals surface area (Å²) in [6.07, 6.45) is 3.75. The summed E-state index contributed by atoms with van der Waals surface area (Å²) in [5, 5.41) is 17.6. The number of guanidine groups is 1. The summed E-state index contributed by atoms with van der Waals surface area (Å²) in [5.41, 5.74) is 1.66. The number of benzene rings is 3. The van der Waals surface area contributed by atoms with Crippen LogP contribution in [0.5, 0.6) is 0 Å². The van der Waals surface area contributed by atoms with Crippen LogP contribution in [-0.2, 0) is 21.6 Å². The van der Waals surface area contributed by atoms with Gasteiger partial charge in [0.1, 0.15) is 5.54 Å². The van der Waals surface area contributed by atoms with E-state index in [-0.39, 0.29) is 11.9 Å². The van der Waals surface area contributed by atoms with E-state index in [1.165, 1.54) is 0 Å². The minimum Gasteiger partial charge on any atom is -0.381 e. The number of carbonyl (C=O) groups excluding carboxylic acids is 2. The molecule has 0 saturated carbocycles. The lowest BCUT2D eigenvalue weighted by atomic mass is 9.84. The van der Waals surface area contributed by atoms with Crippen molar-refractivity contribution in [3.63, 3.8) is 0 Å². The highest BCUT2D eigenvalue weighted by atomic mass is 16.5. The van der Waals surface area contributed by atoms with Gasteiger partial charge in [-0.25, -0.2) is 0 Å². The van der Waals surface area contributed by atoms with Crippen molar-refractivity contribution in [3.05, 3.63) is 107 Å². The Labute approximate surface area is 219 Å². The second-order valence-corrected chi connectivity index (χ2v) is 8.79. The van der Waals surface area contributed by atoms with Crippen LogP contribution in [0.15, 0.2) is 84.9 Å². The Morgan fingerprint density at radius 3 is 2.16 bits per heavy atom. The van der Waals surface area contributed by atoms with Crippen molar-refractivity contribution in [2.24, 2.45) is 0 Å². The molecule has 0 fully saturated rings. The van der Waals surface area contributed by atoms with E-state index in [4.69, 9.17) is 10.1 Å². The largest absolute Gasteiger partial charge is 0.381 e. The number of hydrogen-bond acceptors (Lipinski definition) is 4. The van der Waals surface area contributed by atoms with Crippen LogP contribution in [-0.4, -0.2) is 37.9 Å². The van der Waals surface area contributed by atoms with Gasteiger partial charge in [-0.2, -0.15) is 0 Å². The summed E-state index contributed by atoms with van der Waals surface area (Å²) in [4.78, 5) is 25.0. The molecule has 0 bridgehead atoms. The molecular formula is C30H36N4O3. The van der Waals surface area contributed by atoms with E-state index in [2.05, 4.69) is 22.9 Å². The minimum atomic E-state index is -1.21. The highest BCUT2D eigenvalue weighted by Crippen LogP contribution is 2.27. The Kier molecular flexibility index (Phi) is 10.9. The van der Waals surface area contributed by atoms with Crippen LogP contribution in [0.2, 0.25) is 0 Å². The number of nitrogens with one attached hydrogen (secondary N) is 4. The Morgan fingerprint density at radius 1 is 0.892 bits per heavy atom. The van der Waals surface area contributed by atoms with Gasteiger partial charge in [-0.15, -0.1) is 0 Å². The van der Waals surface area contributed by atoms with E-state index < -0.39 is 5.54 Å². The first-order valence-electron chi connectivity index (χ1n) is 12.7. The lowest BCUT2D eigenvalue weighted by Crippen LogP contribution is -2.52. The molecule has 7 nitrogen and oxygen atoms in total. The Bertz CT molecular complexity index is 1100. The lowest BCUT2D eigenvalue weighted by Gasteiger charge is -2.31. The van der Waals surface area contributed by atoms with Gasteiger partial charge < -0.3 is 20.7 Å². The molecule has 0 aromatic heterocycles. The van der Waals surface area contributed by atoms with Gasteiger partial charge in [-0.1, -0.05) is 86.1 Å². The van der Waals surface area contributed by atoms with E-state index in [1.807, 2.05) is 72.8 Å². The summed E-state index contributed by atoms with van der Waals surface area (Å²) < 4.78 is 5.53. The van der Waals surface area contributed by atoms with E-state index in [0.717, 1.165) is 48.8 Å². The second kappa shape index (κ2) is 14.6. The quantitative estimate of drug-likeness (QED) is 0.114. The lowest BCUT2D eigenvalue weighted by molar-refractivity contribution is -0.111. The monoisotopic (exact) mass is 500 g/mol. The molecule has 0 aliphatic rings. The summed E-state index contributed by atoms with van der Waals surface area (Å²) >= 11 is 0. The normalized spacial score (nSPS) is 10.9. The summed E-state index contributed by atoms with van der Waals surface area (Å²) in [6, 6.07) is 26.0. The molecule has 0 aliphatic carbocycles. The molecule has 0 spiro atoms. The molecule has 37 heavy (non-hydrogen) atoms. The molecule has 3 aromatic carbocycles. The van der Waals surface area contributed by atoms with Crippen molar-refractivity contribution in [1.82, 2.24) is 16.0 Å². The van der Waals surface area contributed by atoms with Crippen molar-refractivity contribution >= 4 is 18.2 Å². The van der Waals surface area contributed by atoms with Gasteiger partial charge in [-0.3, -0.25) is 15.0 Å². The highest BCUT2D eigenvalue weighted by molar-refractivity contribution is 5.94. The predicted molar refractivity (Wildman–Crippen MR) is 147 cm³/mol. The number of aldehydes is 1. The predicted octanol–water partition coefficient (Wildman–Crippen LogP) is 4.38. The molecule has 0 radical (unpaired) electrons. The Morgan fingerprint density at radius 2 is 1.54 bits per heavy atom. The van der Waals surface area contributed by atoms with Crippen LogP contribution in [0.25, 0.3) is 0 Å². The smallest absolute Gasteiger partial charge is 0.251 e. The van der Waals surface area contributed by atoms with Crippen molar-refractivity contribution in [3.8, 4) is 0 Å². The van der Waals surface area contributed by atoms with Crippen LogP contribution < -0.4 is 16.0 Å². The molecule has 3 aromatic rings. The number of unbranched alkanes of at least 4 members (excludes halogenated alkanes) is 1. The van der Waals surface area contributed by atoms with Crippen LogP contribution in [0.4, 0.5) is 0 Å². The first kappa shape index (κ1) is 27.6. The first-order chi connectivity index (χ1) is 18.1. The van der Waals surface area contributed by atoms with Crippen molar-refractivity contribution in [1.29, 1.82) is 5.41 Å². The van der Waals surface area contributed by atoms with E-state index >= 15 is 0 Å². The van der Waals surface area contributed by atoms with Crippen molar-refractivity contribution < 1.29 is 14.3 Å². The number of ether oxygens (including phenoxy) is 1. The molecule has 3 rings (SSSR count). The second-order valence-electron chi connectivity index (χ2n) is 8.79. The maximum absolute atomic E-state index is 12.5. The third-order valence-electron chi connectivity index (χ3n) is 6.01. The number of carbonyl (C=O) groups is 2. The number of rotatable bonds is 14. The molecular weight excluding hydrogens is 464 g/mol. The molecule has 4 N–H and O–H groups in total. The van der Waals surface area contributed by atoms with Crippen molar-refractivity contribution in [2.45, 2.75) is 38.3 Å². The fourth-order valence-corrected chi connectivity index (χ4v) is 3.96.